The predicted octanol–water partition coefficient (Wildman–Crippen LogP) is 14.5. The Hall–Kier alpha value is -7.42. The highest BCUT2D eigenvalue weighted by atomic mass is 14.9. The highest BCUT2D eigenvalue weighted by Crippen LogP contribution is 2.63. The van der Waals surface area contributed by atoms with Crippen LogP contribution in [0.2, 0.25) is 0 Å². The van der Waals surface area contributed by atoms with Gasteiger partial charge in [0.2, 0.25) is 0 Å². The molecule has 0 saturated carbocycles. The van der Waals surface area contributed by atoms with Crippen molar-refractivity contribution in [2.75, 3.05) is 0 Å². The van der Waals surface area contributed by atoms with Crippen LogP contribution in [0, 0.1) is 0 Å². The molecule has 1 heterocycles. The average Bonchev–Trinajstić information content (AvgIpc) is 3.61. The highest BCUT2D eigenvalue weighted by Gasteiger charge is 2.53. The molecule has 10 aromatic rings. The van der Waals surface area contributed by atoms with Gasteiger partial charge < -0.3 is 0 Å². The molecule has 1 aromatic heterocycles. The molecule has 0 aliphatic heterocycles. The summed E-state index contributed by atoms with van der Waals surface area (Å²) in [5.74, 6) is 0.718. The molecule has 0 fully saturated rings. The minimum absolute atomic E-state index is 0.189. The van der Waals surface area contributed by atoms with Gasteiger partial charge in [-0.25, -0.2) is 9.97 Å². The molecule has 2 aliphatic rings. The lowest BCUT2D eigenvalue weighted by atomic mass is 9.55. The normalized spacial score (nSPS) is 14.1. The van der Waals surface area contributed by atoms with Crippen LogP contribution in [0.5, 0.6) is 0 Å². The van der Waals surface area contributed by atoms with Crippen LogP contribution in [0.25, 0.3) is 77.7 Å². The maximum absolute atomic E-state index is 5.42. The van der Waals surface area contributed by atoms with E-state index < -0.39 is 5.41 Å². The monoisotopic (exact) mass is 764 g/mol. The standard InChI is InChI=1S/C58H40N2/c1-57(2)48-23-11-13-25-50(48)58(51-26-14-12-24-49(51)57)47-31-30-43(41-28-29-42-32-39-20-9-10-21-40(39)33-44(42)34-41)35-46(47)55-45(22-15-27-52(55)58)56-59-53(37-16-5-3-6-17-37)36-54(60-56)38-18-7-4-8-19-38/h3-36H,1-2H3. The predicted molar refractivity (Wildman–Crippen MR) is 248 cm³/mol. The third-order valence-electron chi connectivity index (χ3n) is 13.3. The van der Waals surface area contributed by atoms with Crippen molar-refractivity contribution in [1.82, 2.24) is 9.97 Å². The minimum Gasteiger partial charge on any atom is -0.228 e. The van der Waals surface area contributed by atoms with E-state index in [0.29, 0.717) is 0 Å². The lowest BCUT2D eigenvalue weighted by Gasteiger charge is -2.46. The Kier molecular flexibility index (Phi) is 7.52. The molecule has 2 nitrogen and oxygen atoms in total. The van der Waals surface area contributed by atoms with Crippen LogP contribution in [0.3, 0.4) is 0 Å². The van der Waals surface area contributed by atoms with Gasteiger partial charge in [-0.1, -0.05) is 190 Å². The third-order valence-corrected chi connectivity index (χ3v) is 13.3. The van der Waals surface area contributed by atoms with Crippen molar-refractivity contribution < 1.29 is 0 Å². The quantitative estimate of drug-likeness (QED) is 0.167. The second-order valence-electron chi connectivity index (χ2n) is 16.9. The summed E-state index contributed by atoms with van der Waals surface area (Å²) in [7, 11) is 0. The summed E-state index contributed by atoms with van der Waals surface area (Å²) in [5.41, 5.74) is 16.9. The van der Waals surface area contributed by atoms with Crippen molar-refractivity contribution in [2.24, 2.45) is 0 Å². The Morgan fingerprint density at radius 2 is 0.817 bits per heavy atom. The first-order valence-electron chi connectivity index (χ1n) is 20.9. The number of aromatic nitrogens is 2. The zero-order chi connectivity index (χ0) is 40.0. The molecule has 0 radical (unpaired) electrons. The van der Waals surface area contributed by atoms with Gasteiger partial charge in [0.1, 0.15) is 0 Å². The summed E-state index contributed by atoms with van der Waals surface area (Å²) in [5, 5.41) is 4.99. The molecular weight excluding hydrogens is 725 g/mol. The third kappa shape index (κ3) is 5.01. The number of benzene rings is 9. The molecule has 282 valence electrons. The van der Waals surface area contributed by atoms with Crippen LogP contribution >= 0.6 is 0 Å². The number of hydrogen-bond acceptors (Lipinski definition) is 2. The smallest absolute Gasteiger partial charge is 0.161 e. The van der Waals surface area contributed by atoms with Gasteiger partial charge in [0.25, 0.3) is 0 Å². The largest absolute Gasteiger partial charge is 0.228 e. The maximum Gasteiger partial charge on any atom is 0.161 e. The van der Waals surface area contributed by atoms with Crippen LogP contribution in [0.1, 0.15) is 47.2 Å². The van der Waals surface area contributed by atoms with E-state index >= 15 is 0 Å². The zero-order valence-electron chi connectivity index (χ0n) is 33.5. The second-order valence-corrected chi connectivity index (χ2v) is 16.9. The first-order chi connectivity index (χ1) is 29.5. The van der Waals surface area contributed by atoms with Gasteiger partial charge in [-0.3, -0.25) is 0 Å². The fourth-order valence-corrected chi connectivity index (χ4v) is 10.5. The molecule has 0 unspecified atom stereocenters. The van der Waals surface area contributed by atoms with E-state index in [9.17, 15) is 0 Å². The van der Waals surface area contributed by atoms with Crippen LogP contribution in [-0.2, 0) is 10.8 Å². The van der Waals surface area contributed by atoms with Gasteiger partial charge in [0.15, 0.2) is 5.82 Å². The Bertz CT molecular complexity index is 3240. The van der Waals surface area contributed by atoms with Gasteiger partial charge in [-0.15, -0.1) is 0 Å². The lowest BCUT2D eigenvalue weighted by Crippen LogP contribution is -2.40. The Balaban J connectivity index is 1.16. The van der Waals surface area contributed by atoms with Crippen molar-refractivity contribution in [1.29, 1.82) is 0 Å². The Morgan fingerprint density at radius 3 is 1.45 bits per heavy atom. The molecule has 2 aliphatic carbocycles. The molecule has 0 amide bonds. The van der Waals surface area contributed by atoms with Crippen LogP contribution < -0.4 is 0 Å². The Morgan fingerprint density at radius 1 is 0.317 bits per heavy atom. The van der Waals surface area contributed by atoms with Crippen LogP contribution in [-0.4, -0.2) is 9.97 Å². The fraction of sp³-hybridized carbons (Fsp3) is 0.0690. The first kappa shape index (κ1) is 34.6. The number of rotatable bonds is 4. The molecule has 0 atom stereocenters. The topological polar surface area (TPSA) is 25.8 Å². The summed E-state index contributed by atoms with van der Waals surface area (Å²) in [4.78, 5) is 10.8. The van der Waals surface area contributed by atoms with Gasteiger partial charge in [-0.05, 0) is 108 Å². The zero-order valence-corrected chi connectivity index (χ0v) is 33.5. The average molecular weight is 765 g/mol. The summed E-state index contributed by atoms with van der Waals surface area (Å²) in [6, 6.07) is 75.6. The van der Waals surface area contributed by atoms with E-state index in [1.807, 2.05) is 0 Å². The number of hydrogen-bond donors (Lipinski definition) is 0. The van der Waals surface area contributed by atoms with E-state index in [4.69, 9.17) is 9.97 Å². The molecule has 0 bridgehead atoms. The van der Waals surface area contributed by atoms with Gasteiger partial charge >= 0.3 is 0 Å². The molecule has 2 heteroatoms. The van der Waals surface area contributed by atoms with Crippen molar-refractivity contribution >= 4 is 21.5 Å². The Labute approximate surface area is 350 Å². The molecule has 9 aromatic carbocycles. The first-order valence-corrected chi connectivity index (χ1v) is 20.9. The van der Waals surface area contributed by atoms with E-state index in [0.717, 1.165) is 33.9 Å². The molecule has 60 heavy (non-hydrogen) atoms. The maximum atomic E-state index is 5.42. The van der Waals surface area contributed by atoms with Crippen LogP contribution in [0.15, 0.2) is 206 Å². The van der Waals surface area contributed by atoms with E-state index in [1.54, 1.807) is 0 Å². The van der Waals surface area contributed by atoms with Gasteiger partial charge in [0.05, 0.1) is 16.8 Å². The summed E-state index contributed by atoms with van der Waals surface area (Å²) in [6.07, 6.45) is 0. The SMILES string of the molecule is CC1(C)c2ccccc2C2(c3ccc(-c4ccc5cc6ccccc6cc5c4)cc3-c3c(-c4nc(-c5ccccc5)cc(-c5ccccc5)n4)cccc32)c2ccccc21. The van der Waals surface area contributed by atoms with E-state index in [2.05, 4.69) is 220 Å². The van der Waals surface area contributed by atoms with E-state index in [1.165, 1.54) is 77.2 Å². The van der Waals surface area contributed by atoms with Gasteiger partial charge in [-0.2, -0.15) is 0 Å². The second kappa shape index (κ2) is 13.0. The van der Waals surface area contributed by atoms with Crippen molar-refractivity contribution in [2.45, 2.75) is 24.7 Å². The van der Waals surface area contributed by atoms with Crippen molar-refractivity contribution in [3.05, 3.63) is 240 Å². The molecule has 0 saturated heterocycles. The van der Waals surface area contributed by atoms with Crippen molar-refractivity contribution in [3.63, 3.8) is 0 Å². The highest BCUT2D eigenvalue weighted by molar-refractivity contribution is 6.01. The van der Waals surface area contributed by atoms with Gasteiger partial charge in [0, 0.05) is 22.1 Å². The minimum atomic E-state index is -0.552. The fourth-order valence-electron chi connectivity index (χ4n) is 10.5. The lowest BCUT2D eigenvalue weighted by molar-refractivity contribution is 0.563. The van der Waals surface area contributed by atoms with E-state index in [-0.39, 0.29) is 5.41 Å². The summed E-state index contributed by atoms with van der Waals surface area (Å²) in [6.45, 7) is 4.76. The number of nitrogens with zero attached hydrogens (tertiary/aromatic N) is 2. The van der Waals surface area contributed by atoms with Crippen molar-refractivity contribution in [3.8, 4) is 56.2 Å². The molecule has 0 N–H and O–H groups in total. The van der Waals surface area contributed by atoms with Crippen LogP contribution in [0.4, 0.5) is 0 Å². The molecular formula is C58H40N2. The molecule has 12 rings (SSSR count). The molecule has 1 spiro atoms. The number of fused-ring (bicyclic) bond motifs is 11. The summed E-state index contributed by atoms with van der Waals surface area (Å²) >= 11 is 0. The summed E-state index contributed by atoms with van der Waals surface area (Å²) < 4.78 is 0.